The van der Waals surface area contributed by atoms with Gasteiger partial charge in [0.15, 0.2) is 17.3 Å². The molecule has 2 N–H and O–H groups in total. The maximum Gasteiger partial charge on any atom is 0.337 e. The fourth-order valence-electron chi connectivity index (χ4n) is 5.49. The van der Waals surface area contributed by atoms with Gasteiger partial charge in [0.25, 0.3) is 0 Å². The zero-order valence-corrected chi connectivity index (χ0v) is 20.7. The summed E-state index contributed by atoms with van der Waals surface area (Å²) in [7, 11) is 1.27. The third-order valence-corrected chi connectivity index (χ3v) is 7.16. The largest absolute Gasteiger partial charge is 0.504 e. The van der Waals surface area contributed by atoms with Crippen molar-refractivity contribution >= 4 is 17.7 Å². The molecule has 1 aromatic carbocycles. The van der Waals surface area contributed by atoms with Gasteiger partial charge in [0.1, 0.15) is 12.0 Å². The van der Waals surface area contributed by atoms with Gasteiger partial charge in [0.05, 0.1) is 19.3 Å². The molecule has 8 heteroatoms. The van der Waals surface area contributed by atoms with Gasteiger partial charge < -0.3 is 24.6 Å². The zero-order chi connectivity index (χ0) is 25.3. The van der Waals surface area contributed by atoms with Crippen LogP contribution in [-0.2, 0) is 23.9 Å². The van der Waals surface area contributed by atoms with E-state index in [1.165, 1.54) is 13.2 Å². The Hall–Kier alpha value is -3.29. The first-order valence-electron chi connectivity index (χ1n) is 12.3. The lowest BCUT2D eigenvalue weighted by atomic mass is 9.69. The number of aromatic hydroxyl groups is 1. The number of benzene rings is 1. The number of rotatable bonds is 6. The summed E-state index contributed by atoms with van der Waals surface area (Å²) in [6.45, 7) is 5.78. The molecule has 0 unspecified atom stereocenters. The number of Topliss-reactive ketones (excluding diaryl/α,β-unsaturated/α-hetero) is 1. The van der Waals surface area contributed by atoms with Crippen LogP contribution in [0.5, 0.6) is 11.5 Å². The van der Waals surface area contributed by atoms with Gasteiger partial charge in [-0.15, -0.1) is 0 Å². The quantitative estimate of drug-likeness (QED) is 0.463. The van der Waals surface area contributed by atoms with E-state index in [-0.39, 0.29) is 29.3 Å². The first kappa shape index (κ1) is 24.8. The van der Waals surface area contributed by atoms with Crippen LogP contribution in [0.15, 0.2) is 40.7 Å². The minimum atomic E-state index is -0.961. The van der Waals surface area contributed by atoms with E-state index >= 15 is 0 Å². The first-order valence-corrected chi connectivity index (χ1v) is 12.3. The molecule has 35 heavy (non-hydrogen) atoms. The molecule has 3 atom stereocenters. The molecule has 0 amide bonds. The number of methoxy groups -OCH3 is 1. The normalized spacial score (nSPS) is 24.7. The highest BCUT2D eigenvalue weighted by atomic mass is 16.5. The molecular formula is C27H33NO7. The van der Waals surface area contributed by atoms with Crippen LogP contribution in [0.4, 0.5) is 0 Å². The Bertz CT molecular complexity index is 1100. The van der Waals surface area contributed by atoms with Crippen molar-refractivity contribution in [2.75, 3.05) is 13.7 Å². The number of dihydropyridines is 1. The summed E-state index contributed by atoms with van der Waals surface area (Å²) in [6.07, 6.45) is 3.97. The predicted octanol–water partition coefficient (Wildman–Crippen LogP) is 3.89. The van der Waals surface area contributed by atoms with Crippen molar-refractivity contribution in [1.82, 2.24) is 5.32 Å². The topological polar surface area (TPSA) is 111 Å². The average molecular weight is 484 g/mol. The Morgan fingerprint density at radius 1 is 1.20 bits per heavy atom. The third-order valence-electron chi connectivity index (χ3n) is 7.16. The van der Waals surface area contributed by atoms with Crippen LogP contribution in [0.2, 0.25) is 0 Å². The number of nitrogens with one attached hydrogen (secondary N) is 1. The highest BCUT2D eigenvalue weighted by Gasteiger charge is 2.47. The van der Waals surface area contributed by atoms with Crippen molar-refractivity contribution in [3.63, 3.8) is 0 Å². The number of phenolic OH excluding ortho intramolecular Hbond substituents is 1. The summed E-state index contributed by atoms with van der Waals surface area (Å²) in [5, 5.41) is 13.5. The standard InChI is InChI=1S/C27H33NO7/c1-5-34-20-13-16(10-11-19(20)29)23-22(27(32)35-17-8-6-7-9-17)15(3)28-18-12-14(2)21(26(31)33-4)25(30)24(18)23/h10-11,13-14,17,21,23,28-29H,5-9,12H2,1-4H3/t14-,21+,23-/m1/s1. The van der Waals surface area contributed by atoms with Crippen molar-refractivity contribution in [1.29, 1.82) is 0 Å². The molecule has 4 rings (SSSR count). The Kier molecular flexibility index (Phi) is 7.19. The third kappa shape index (κ3) is 4.66. The molecule has 1 fully saturated rings. The second kappa shape index (κ2) is 10.1. The molecule has 3 aliphatic rings. The molecule has 0 saturated heterocycles. The molecule has 1 heterocycles. The van der Waals surface area contributed by atoms with Gasteiger partial charge in [-0.25, -0.2) is 4.79 Å². The Balaban J connectivity index is 1.84. The molecule has 188 valence electrons. The predicted molar refractivity (Wildman–Crippen MR) is 128 cm³/mol. The fourth-order valence-corrected chi connectivity index (χ4v) is 5.49. The van der Waals surface area contributed by atoms with E-state index in [1.54, 1.807) is 26.0 Å². The average Bonchev–Trinajstić information content (AvgIpc) is 3.32. The maximum absolute atomic E-state index is 13.8. The van der Waals surface area contributed by atoms with E-state index in [0.29, 0.717) is 41.1 Å². The first-order chi connectivity index (χ1) is 16.8. The molecule has 1 saturated carbocycles. The summed E-state index contributed by atoms with van der Waals surface area (Å²) in [6, 6.07) is 4.81. The van der Waals surface area contributed by atoms with Crippen molar-refractivity contribution < 1.29 is 33.7 Å². The van der Waals surface area contributed by atoms with Crippen molar-refractivity contribution in [2.45, 2.75) is 64.9 Å². The van der Waals surface area contributed by atoms with Gasteiger partial charge in [-0.1, -0.05) is 13.0 Å². The van der Waals surface area contributed by atoms with Gasteiger partial charge in [0, 0.05) is 22.9 Å². The molecule has 0 bridgehead atoms. The lowest BCUT2D eigenvalue weighted by Crippen LogP contribution is -2.43. The van der Waals surface area contributed by atoms with Crippen LogP contribution in [-0.4, -0.2) is 42.6 Å². The summed E-state index contributed by atoms with van der Waals surface area (Å²) < 4.78 is 16.4. The summed E-state index contributed by atoms with van der Waals surface area (Å²) >= 11 is 0. The van der Waals surface area contributed by atoms with Gasteiger partial charge in [0.2, 0.25) is 0 Å². The second-order valence-corrected chi connectivity index (χ2v) is 9.51. The highest BCUT2D eigenvalue weighted by molar-refractivity contribution is 6.12. The molecule has 0 radical (unpaired) electrons. The Labute approximate surface area is 205 Å². The summed E-state index contributed by atoms with van der Waals surface area (Å²) in [4.78, 5) is 39.9. The number of phenols is 1. The van der Waals surface area contributed by atoms with Crippen molar-refractivity contribution in [3.8, 4) is 11.5 Å². The van der Waals surface area contributed by atoms with Crippen molar-refractivity contribution in [3.05, 3.63) is 46.3 Å². The monoisotopic (exact) mass is 483 g/mol. The van der Waals surface area contributed by atoms with Crippen LogP contribution in [0, 0.1) is 11.8 Å². The van der Waals surface area contributed by atoms with Crippen molar-refractivity contribution in [2.24, 2.45) is 11.8 Å². The lowest BCUT2D eigenvalue weighted by Gasteiger charge is -2.38. The van der Waals surface area contributed by atoms with Crippen LogP contribution >= 0.6 is 0 Å². The van der Waals surface area contributed by atoms with Crippen LogP contribution in [0.3, 0.4) is 0 Å². The number of esters is 2. The smallest absolute Gasteiger partial charge is 0.337 e. The summed E-state index contributed by atoms with van der Waals surface area (Å²) in [5.41, 5.74) is 2.59. The number of ketones is 1. The minimum Gasteiger partial charge on any atom is -0.504 e. The van der Waals surface area contributed by atoms with E-state index < -0.39 is 23.8 Å². The second-order valence-electron chi connectivity index (χ2n) is 9.51. The number of hydrogen-bond donors (Lipinski definition) is 2. The van der Waals surface area contributed by atoms with E-state index in [0.717, 1.165) is 25.7 Å². The maximum atomic E-state index is 13.8. The molecule has 0 aromatic heterocycles. The molecule has 8 nitrogen and oxygen atoms in total. The van der Waals surface area contributed by atoms with Crippen LogP contribution in [0.25, 0.3) is 0 Å². The highest BCUT2D eigenvalue weighted by Crippen LogP contribution is 2.47. The van der Waals surface area contributed by atoms with E-state index in [2.05, 4.69) is 5.32 Å². The van der Waals surface area contributed by atoms with Gasteiger partial charge >= 0.3 is 11.9 Å². The fraction of sp³-hybridized carbons (Fsp3) is 0.519. The number of allylic oxidation sites excluding steroid dienone is 3. The number of ether oxygens (including phenoxy) is 3. The molecule has 1 aromatic rings. The lowest BCUT2D eigenvalue weighted by molar-refractivity contribution is -0.151. The van der Waals surface area contributed by atoms with Gasteiger partial charge in [-0.2, -0.15) is 0 Å². The zero-order valence-electron chi connectivity index (χ0n) is 20.7. The summed E-state index contributed by atoms with van der Waals surface area (Å²) in [5.74, 6) is -3.21. The Morgan fingerprint density at radius 2 is 1.91 bits per heavy atom. The number of carbonyl (C=O) groups excluding carboxylic acids is 3. The van der Waals surface area contributed by atoms with Crippen LogP contribution in [0.1, 0.15) is 64.4 Å². The van der Waals surface area contributed by atoms with Gasteiger partial charge in [-0.05, 0) is 69.6 Å². The Morgan fingerprint density at radius 3 is 2.57 bits per heavy atom. The number of carbonyl (C=O) groups is 3. The minimum absolute atomic E-state index is 0.0365. The van der Waals surface area contributed by atoms with E-state index in [9.17, 15) is 19.5 Å². The SMILES string of the molecule is CCOc1cc([C@@H]2C(C(=O)OC3CCCC3)=C(C)NC3=C2C(=O)[C@@H](C(=O)OC)[C@H](C)C3)ccc1O. The number of hydrogen-bond acceptors (Lipinski definition) is 8. The van der Waals surface area contributed by atoms with E-state index in [4.69, 9.17) is 14.2 Å². The molecular weight excluding hydrogens is 450 g/mol. The van der Waals surface area contributed by atoms with Gasteiger partial charge in [-0.3, -0.25) is 9.59 Å². The molecule has 0 spiro atoms. The van der Waals surface area contributed by atoms with Crippen LogP contribution < -0.4 is 10.1 Å². The molecule has 2 aliphatic carbocycles. The van der Waals surface area contributed by atoms with E-state index in [1.807, 2.05) is 6.92 Å². The molecule has 1 aliphatic heterocycles.